The fraction of sp³-hybridized carbons (Fsp3) is 0.222. The van der Waals surface area contributed by atoms with Gasteiger partial charge < -0.3 is 19.7 Å². The van der Waals surface area contributed by atoms with Crippen LogP contribution in [0.4, 0.5) is 0 Å². The van der Waals surface area contributed by atoms with Gasteiger partial charge in [0.05, 0.1) is 0 Å². The third-order valence-corrected chi connectivity index (χ3v) is 1.74. The third-order valence-electron chi connectivity index (χ3n) is 1.74. The van der Waals surface area contributed by atoms with E-state index in [0.29, 0.717) is 0 Å². The normalized spacial score (nSPS) is 13.9. The van der Waals surface area contributed by atoms with Crippen molar-refractivity contribution in [2.75, 3.05) is 7.11 Å². The Morgan fingerprint density at radius 2 is 1.93 bits per heavy atom. The van der Waals surface area contributed by atoms with Gasteiger partial charge in [0.1, 0.15) is 5.97 Å². The molecule has 4 nitrogen and oxygen atoms in total. The molecule has 1 atom stereocenters. The van der Waals surface area contributed by atoms with Crippen LogP contribution in [0.5, 0.6) is 0 Å². The largest absolute Gasteiger partial charge is 1.00 e. The Morgan fingerprint density at radius 3 is 2.29 bits per heavy atom. The van der Waals surface area contributed by atoms with Crippen LogP contribution in [0.15, 0.2) is 30.3 Å². The number of carboxylic acid groups (broad SMARTS) is 1. The molecular weight excluding hydrogens is 195 g/mol. The molecule has 0 heterocycles. The van der Waals surface area contributed by atoms with Gasteiger partial charge in [0.15, 0.2) is 0 Å². The molecule has 0 spiro atoms. The third kappa shape index (κ3) is 2.56. The summed E-state index contributed by atoms with van der Waals surface area (Å²) in [5.74, 6) is -4.04. The number of methoxy groups -OCH3 is 1. The number of carbonyl (C=O) groups excluding carboxylic acids is 1. The van der Waals surface area contributed by atoms with E-state index in [4.69, 9.17) is 0 Å². The average molecular weight is 204 g/mol. The molecule has 0 amide bonds. The van der Waals surface area contributed by atoms with E-state index in [1.54, 1.807) is 18.2 Å². The number of hydrogen-bond acceptors (Lipinski definition) is 4. The van der Waals surface area contributed by atoms with Gasteiger partial charge in [-0.2, -0.15) is 0 Å². The maximum Gasteiger partial charge on any atom is 1.00 e. The Morgan fingerprint density at radius 1 is 1.43 bits per heavy atom. The first-order valence-corrected chi connectivity index (χ1v) is 3.65. The maximum absolute atomic E-state index is 10.6. The summed E-state index contributed by atoms with van der Waals surface area (Å²) in [6, 6.07) is 7.79. The molecule has 1 aromatic carbocycles. The summed E-state index contributed by atoms with van der Waals surface area (Å²) in [4.78, 5) is 10.6. The van der Waals surface area contributed by atoms with Crippen LogP contribution in [0.25, 0.3) is 0 Å². The van der Waals surface area contributed by atoms with Crippen LogP contribution in [0, 0.1) is 0 Å². The zero-order valence-corrected chi connectivity index (χ0v) is 10.1. The van der Waals surface area contributed by atoms with Crippen molar-refractivity contribution < 1.29 is 49.3 Å². The number of carboxylic acids is 1. The zero-order valence-electron chi connectivity index (χ0n) is 8.06. The van der Waals surface area contributed by atoms with Gasteiger partial charge in [-0.25, -0.2) is 0 Å². The van der Waals surface area contributed by atoms with E-state index >= 15 is 0 Å². The molecule has 0 saturated carbocycles. The van der Waals surface area contributed by atoms with E-state index in [2.05, 4.69) is 4.74 Å². The predicted octanol–water partition coefficient (Wildman–Crippen LogP) is -3.77. The Labute approximate surface area is 104 Å². The molecule has 0 aliphatic rings. The first kappa shape index (κ1) is 13.6. The number of aliphatic hydroxyl groups is 1. The van der Waals surface area contributed by atoms with Crippen LogP contribution in [0.2, 0.25) is 0 Å². The van der Waals surface area contributed by atoms with Crippen molar-refractivity contribution in [3.63, 3.8) is 0 Å². The Bertz CT molecular complexity index is 301. The Kier molecular flexibility index (Phi) is 5.33. The van der Waals surface area contributed by atoms with Crippen molar-refractivity contribution in [2.45, 2.75) is 5.79 Å². The molecule has 0 aliphatic heterocycles. The Hall–Kier alpha value is -0.390. The standard InChI is InChI=1S/C9H10O4.Na/c1-13-9(12,8(10)11)7-5-3-2-4-6-7;/h2-6,12H,1H3,(H,10,11);/q;+1/p-1. The molecule has 1 N–H and O–H groups in total. The van der Waals surface area contributed by atoms with E-state index in [-0.39, 0.29) is 35.1 Å². The van der Waals surface area contributed by atoms with Crippen molar-refractivity contribution in [1.29, 1.82) is 0 Å². The van der Waals surface area contributed by atoms with E-state index in [1.165, 1.54) is 12.1 Å². The second-order valence-corrected chi connectivity index (χ2v) is 2.50. The first-order valence-electron chi connectivity index (χ1n) is 3.65. The van der Waals surface area contributed by atoms with E-state index in [9.17, 15) is 15.0 Å². The van der Waals surface area contributed by atoms with Crippen LogP contribution < -0.4 is 34.7 Å². The molecule has 1 aromatic rings. The quantitative estimate of drug-likeness (QED) is 0.405. The SMILES string of the molecule is COC(O)(C(=O)[O-])c1ccccc1.[Na+]. The second kappa shape index (κ2) is 5.48. The minimum Gasteiger partial charge on any atom is -0.544 e. The fourth-order valence-electron chi connectivity index (χ4n) is 0.983. The molecule has 0 radical (unpaired) electrons. The summed E-state index contributed by atoms with van der Waals surface area (Å²) in [5.41, 5.74) is 0.137. The van der Waals surface area contributed by atoms with Crippen molar-refractivity contribution in [3.05, 3.63) is 35.9 Å². The first-order chi connectivity index (χ1) is 6.11. The number of carbonyl (C=O) groups is 1. The molecule has 70 valence electrons. The fourth-order valence-corrected chi connectivity index (χ4v) is 0.983. The van der Waals surface area contributed by atoms with E-state index in [1.807, 2.05) is 0 Å². The van der Waals surface area contributed by atoms with Crippen LogP contribution in [0.1, 0.15) is 5.56 Å². The van der Waals surface area contributed by atoms with Gasteiger partial charge in [-0.3, -0.25) is 0 Å². The van der Waals surface area contributed by atoms with Crippen LogP contribution in [-0.2, 0) is 15.3 Å². The molecule has 5 heteroatoms. The zero-order chi connectivity index (χ0) is 9.90. The molecule has 0 fully saturated rings. The second-order valence-electron chi connectivity index (χ2n) is 2.50. The van der Waals surface area contributed by atoms with Gasteiger partial charge >= 0.3 is 29.6 Å². The molecule has 0 aromatic heterocycles. The van der Waals surface area contributed by atoms with Crippen LogP contribution in [0.3, 0.4) is 0 Å². The predicted molar refractivity (Wildman–Crippen MR) is 42.4 cm³/mol. The molecule has 1 unspecified atom stereocenters. The monoisotopic (exact) mass is 204 g/mol. The minimum atomic E-state index is -2.36. The molecule has 0 aliphatic carbocycles. The van der Waals surface area contributed by atoms with E-state index < -0.39 is 11.8 Å². The summed E-state index contributed by atoms with van der Waals surface area (Å²) in [7, 11) is 1.10. The number of hydrogen-bond donors (Lipinski definition) is 1. The van der Waals surface area contributed by atoms with Gasteiger partial charge in [0.2, 0.25) is 5.79 Å². The van der Waals surface area contributed by atoms with Crippen molar-refractivity contribution in [1.82, 2.24) is 0 Å². The minimum absolute atomic E-state index is 0. The number of ether oxygens (including phenoxy) is 1. The summed E-state index contributed by atoms with van der Waals surface area (Å²) < 4.78 is 4.48. The molecular formula is C9H9NaO4. The smallest absolute Gasteiger partial charge is 0.544 e. The van der Waals surface area contributed by atoms with Crippen LogP contribution >= 0.6 is 0 Å². The number of rotatable bonds is 3. The summed E-state index contributed by atoms with van der Waals surface area (Å²) in [5, 5.41) is 20.1. The van der Waals surface area contributed by atoms with Crippen molar-refractivity contribution in [3.8, 4) is 0 Å². The van der Waals surface area contributed by atoms with E-state index in [0.717, 1.165) is 7.11 Å². The average Bonchev–Trinajstić information content (AvgIpc) is 2.17. The summed E-state index contributed by atoms with van der Waals surface area (Å²) >= 11 is 0. The summed E-state index contributed by atoms with van der Waals surface area (Å²) in [6.45, 7) is 0. The van der Waals surface area contributed by atoms with Gasteiger partial charge in [-0.15, -0.1) is 0 Å². The number of benzene rings is 1. The van der Waals surface area contributed by atoms with Gasteiger partial charge in [0.25, 0.3) is 0 Å². The summed E-state index contributed by atoms with van der Waals surface area (Å²) in [6.07, 6.45) is 0. The van der Waals surface area contributed by atoms with Gasteiger partial charge in [-0.05, 0) is 0 Å². The van der Waals surface area contributed by atoms with Crippen molar-refractivity contribution >= 4 is 5.97 Å². The topological polar surface area (TPSA) is 69.6 Å². The van der Waals surface area contributed by atoms with Crippen LogP contribution in [-0.4, -0.2) is 18.2 Å². The number of aliphatic carboxylic acids is 1. The molecule has 14 heavy (non-hydrogen) atoms. The van der Waals surface area contributed by atoms with Crippen molar-refractivity contribution in [2.24, 2.45) is 0 Å². The molecule has 1 rings (SSSR count). The molecule has 0 saturated heterocycles. The van der Waals surface area contributed by atoms with Gasteiger partial charge in [0, 0.05) is 12.7 Å². The van der Waals surface area contributed by atoms with Gasteiger partial charge in [-0.1, -0.05) is 30.3 Å². The molecule has 0 bridgehead atoms. The maximum atomic E-state index is 10.6. The Balaban J connectivity index is 0.00000169.